The van der Waals surface area contributed by atoms with Gasteiger partial charge in [-0.25, -0.2) is 0 Å². The largest absolute Gasteiger partial charge is 0.497 e. The van der Waals surface area contributed by atoms with Crippen LogP contribution in [0.25, 0.3) is 0 Å². The smallest absolute Gasteiger partial charge is 0.251 e. The summed E-state index contributed by atoms with van der Waals surface area (Å²) in [4.78, 5) is 13.1. The van der Waals surface area contributed by atoms with Crippen molar-refractivity contribution in [3.05, 3.63) is 53.1 Å². The Balaban J connectivity index is 2.72. The Morgan fingerprint density at radius 2 is 1.62 bits per heavy atom. The molecule has 9 heteroatoms. The molecule has 2 rings (SSSR count). The number of aliphatic hydroxyl groups is 1. The summed E-state index contributed by atoms with van der Waals surface area (Å²) in [6, 6.07) is 3.58. The van der Waals surface area contributed by atoms with Gasteiger partial charge in [-0.2, -0.15) is 0 Å². The number of aliphatic hydroxyl groups excluding tert-OH is 1. The third kappa shape index (κ3) is 8.17. The second kappa shape index (κ2) is 15.9. The number of benzene rings is 1. The molecule has 1 heterocycles. The van der Waals surface area contributed by atoms with Crippen LogP contribution in [-0.4, -0.2) is 78.1 Å². The zero-order valence-electron chi connectivity index (χ0n) is 25.5. The molecule has 0 saturated carbocycles. The van der Waals surface area contributed by atoms with Gasteiger partial charge < -0.3 is 38.8 Å². The fraction of sp³-hybridized carbons (Fsp3) is 0.581. The Labute approximate surface area is 239 Å². The van der Waals surface area contributed by atoms with Gasteiger partial charge in [0.15, 0.2) is 0 Å². The average molecular weight is 562 g/mol. The molecule has 0 fully saturated rings. The van der Waals surface area contributed by atoms with Gasteiger partial charge in [-0.3, -0.25) is 4.79 Å². The molecule has 0 spiro atoms. The van der Waals surface area contributed by atoms with Crippen LogP contribution in [-0.2, 0) is 23.7 Å². The van der Waals surface area contributed by atoms with Gasteiger partial charge in [-0.15, -0.1) is 0 Å². The summed E-state index contributed by atoms with van der Waals surface area (Å²) >= 11 is 0. The highest BCUT2D eigenvalue weighted by Crippen LogP contribution is 2.42. The van der Waals surface area contributed by atoms with E-state index in [1.807, 2.05) is 26.0 Å². The maximum Gasteiger partial charge on any atom is 0.251 e. The van der Waals surface area contributed by atoms with E-state index in [9.17, 15) is 9.90 Å². The maximum absolute atomic E-state index is 13.1. The topological polar surface area (TPSA) is 105 Å². The lowest BCUT2D eigenvalue weighted by atomic mass is 9.86. The van der Waals surface area contributed by atoms with Crippen LogP contribution in [0.1, 0.15) is 45.8 Å². The highest BCUT2D eigenvalue weighted by Gasteiger charge is 2.33. The summed E-state index contributed by atoms with van der Waals surface area (Å²) in [5.74, 6) is 0.593. The molecule has 224 valence electrons. The van der Waals surface area contributed by atoms with E-state index in [0.29, 0.717) is 29.2 Å². The molecule has 7 atom stereocenters. The molecule has 2 N–H and O–H groups in total. The fourth-order valence-corrected chi connectivity index (χ4v) is 5.28. The highest BCUT2D eigenvalue weighted by molar-refractivity contribution is 6.04. The highest BCUT2D eigenvalue weighted by atomic mass is 16.5. The van der Waals surface area contributed by atoms with Gasteiger partial charge in [0, 0.05) is 51.6 Å². The van der Waals surface area contributed by atoms with E-state index in [4.69, 9.17) is 28.4 Å². The maximum atomic E-state index is 13.1. The second-order valence-corrected chi connectivity index (χ2v) is 10.2. The molecule has 0 unspecified atom stereocenters. The first-order chi connectivity index (χ1) is 19.1. The van der Waals surface area contributed by atoms with Crippen LogP contribution in [0, 0.1) is 11.8 Å². The molecule has 9 nitrogen and oxygen atoms in total. The number of allylic oxidation sites excluding steroid dienone is 2. The zero-order chi connectivity index (χ0) is 30.0. The number of carbonyl (C=O) groups is 1. The van der Waals surface area contributed by atoms with Crippen molar-refractivity contribution in [3.8, 4) is 11.5 Å². The van der Waals surface area contributed by atoms with Crippen molar-refractivity contribution in [2.24, 2.45) is 11.8 Å². The Bertz CT molecular complexity index is 1070. The number of ether oxygens (including phenoxy) is 6. The van der Waals surface area contributed by atoms with E-state index >= 15 is 0 Å². The quantitative estimate of drug-likeness (QED) is 0.475. The molecule has 1 amide bonds. The number of amides is 1. The van der Waals surface area contributed by atoms with Crippen molar-refractivity contribution >= 4 is 11.6 Å². The molecule has 1 aliphatic heterocycles. The molecule has 0 saturated heterocycles. The van der Waals surface area contributed by atoms with E-state index in [1.54, 1.807) is 66.8 Å². The van der Waals surface area contributed by atoms with Crippen LogP contribution < -0.4 is 14.8 Å². The molecule has 1 aromatic carbocycles. The zero-order valence-corrected chi connectivity index (χ0v) is 25.5. The van der Waals surface area contributed by atoms with E-state index < -0.39 is 18.3 Å². The molecule has 0 aromatic heterocycles. The van der Waals surface area contributed by atoms with Crippen LogP contribution >= 0.6 is 0 Å². The van der Waals surface area contributed by atoms with Crippen molar-refractivity contribution in [1.82, 2.24) is 0 Å². The standard InChI is InChI=1S/C31H47NO8/c1-18-12-11-13-25(36-6)27(33)19(2)14-20(3)29(39-9)26(37-7)15-21(4)28(38-8)23-16-22(35-5)17-24(30(23)40-10)32-31(18)34/h11-14,16-17,20-21,25-29,33H,15H2,1-10H3,(H,32,34)/b13-11-,18-12+,19-14+/t20-,21-,25-,26-,27-,28+,29+/m0/s1. The van der Waals surface area contributed by atoms with Crippen molar-refractivity contribution in [2.75, 3.05) is 48.0 Å². The third-order valence-electron chi connectivity index (χ3n) is 7.50. The van der Waals surface area contributed by atoms with Crippen molar-refractivity contribution in [1.29, 1.82) is 0 Å². The molecule has 0 radical (unpaired) electrons. The number of hydrogen-bond donors (Lipinski definition) is 2. The van der Waals surface area contributed by atoms with E-state index in [0.717, 1.165) is 11.1 Å². The summed E-state index contributed by atoms with van der Waals surface area (Å²) in [5.41, 5.74) is 2.40. The summed E-state index contributed by atoms with van der Waals surface area (Å²) in [7, 11) is 9.64. The predicted octanol–water partition coefficient (Wildman–Crippen LogP) is 4.86. The van der Waals surface area contributed by atoms with E-state index in [-0.39, 0.29) is 30.0 Å². The lowest BCUT2D eigenvalue weighted by molar-refractivity contribution is -0.112. The Morgan fingerprint density at radius 3 is 2.17 bits per heavy atom. The van der Waals surface area contributed by atoms with Gasteiger partial charge in [0.2, 0.25) is 0 Å². The monoisotopic (exact) mass is 561 g/mol. The number of carbonyl (C=O) groups excluding carboxylic acids is 1. The van der Waals surface area contributed by atoms with Crippen molar-refractivity contribution in [2.45, 2.75) is 64.6 Å². The number of nitrogens with one attached hydrogen (secondary N) is 1. The summed E-state index contributed by atoms with van der Waals surface area (Å²) in [6.45, 7) is 7.68. The second-order valence-electron chi connectivity index (χ2n) is 10.2. The minimum Gasteiger partial charge on any atom is -0.497 e. The van der Waals surface area contributed by atoms with Gasteiger partial charge in [0.1, 0.15) is 23.7 Å². The first kappa shape index (κ1) is 33.5. The molecule has 2 bridgehead atoms. The first-order valence-electron chi connectivity index (χ1n) is 13.5. The van der Waals surface area contributed by atoms with Crippen LogP contribution in [0.5, 0.6) is 11.5 Å². The molecular formula is C31H47NO8. The summed E-state index contributed by atoms with van der Waals surface area (Å²) in [5, 5.41) is 14.0. The van der Waals surface area contributed by atoms with Crippen LogP contribution in [0.3, 0.4) is 0 Å². The van der Waals surface area contributed by atoms with Gasteiger partial charge in [-0.1, -0.05) is 38.2 Å². The normalized spacial score (nSPS) is 32.3. The van der Waals surface area contributed by atoms with Gasteiger partial charge >= 0.3 is 0 Å². The van der Waals surface area contributed by atoms with Crippen LogP contribution in [0.2, 0.25) is 0 Å². The molecular weight excluding hydrogens is 514 g/mol. The SMILES string of the molecule is COc1cc2c(OC)c(c1)[C@H](OC)[C@@H](C)C[C@H](OC)[C@H](OC)[C@@H](C)/C=C(\C)[C@H](O)[C@@H](OC)/C=C\C=C(/C)C(=O)N2. The Morgan fingerprint density at radius 1 is 0.925 bits per heavy atom. The van der Waals surface area contributed by atoms with E-state index in [1.165, 1.54) is 7.11 Å². The number of fused-ring (bicyclic) bond motifs is 2. The van der Waals surface area contributed by atoms with Gasteiger partial charge in [0.05, 0.1) is 38.2 Å². The number of anilines is 1. The minimum absolute atomic E-state index is 0.0502. The fourth-order valence-electron chi connectivity index (χ4n) is 5.28. The Kier molecular flexibility index (Phi) is 13.3. The first-order valence-corrected chi connectivity index (χ1v) is 13.5. The van der Waals surface area contributed by atoms with Crippen molar-refractivity contribution in [3.63, 3.8) is 0 Å². The number of methoxy groups -OCH3 is 6. The van der Waals surface area contributed by atoms with E-state index in [2.05, 4.69) is 12.2 Å². The molecule has 1 aliphatic rings. The summed E-state index contributed by atoms with van der Waals surface area (Å²) < 4.78 is 34.8. The van der Waals surface area contributed by atoms with Gasteiger partial charge in [-0.05, 0) is 37.8 Å². The number of rotatable bonds is 6. The molecule has 40 heavy (non-hydrogen) atoms. The molecule has 1 aromatic rings. The molecule has 0 aliphatic carbocycles. The predicted molar refractivity (Wildman–Crippen MR) is 156 cm³/mol. The van der Waals surface area contributed by atoms with Gasteiger partial charge in [0.25, 0.3) is 5.91 Å². The van der Waals surface area contributed by atoms with Crippen LogP contribution in [0.4, 0.5) is 5.69 Å². The van der Waals surface area contributed by atoms with Crippen LogP contribution in [0.15, 0.2) is 47.6 Å². The van der Waals surface area contributed by atoms with Crippen molar-refractivity contribution < 1.29 is 38.3 Å². The third-order valence-corrected chi connectivity index (χ3v) is 7.50. The minimum atomic E-state index is -0.887. The average Bonchev–Trinajstić information content (AvgIpc) is 2.94. The lowest BCUT2D eigenvalue weighted by Gasteiger charge is -2.33. The number of hydrogen-bond acceptors (Lipinski definition) is 8. The lowest BCUT2D eigenvalue weighted by Crippen LogP contribution is -2.37. The summed E-state index contributed by atoms with van der Waals surface area (Å²) in [6.07, 6.45) is 5.20. The Hall–Kier alpha value is -2.69.